The van der Waals surface area contributed by atoms with E-state index in [1.54, 1.807) is 6.07 Å². The van der Waals surface area contributed by atoms with E-state index in [9.17, 15) is 8.78 Å². The Balaban J connectivity index is 2.28. The van der Waals surface area contributed by atoms with E-state index >= 15 is 0 Å². The molecular weight excluding hydrogens is 344 g/mol. The highest BCUT2D eigenvalue weighted by Crippen LogP contribution is 2.28. The first-order chi connectivity index (χ1) is 10.0. The number of anilines is 3. The monoisotopic (exact) mass is 357 g/mol. The van der Waals surface area contributed by atoms with Gasteiger partial charge in [-0.25, -0.2) is 8.78 Å². The zero-order valence-electron chi connectivity index (χ0n) is 11.3. The first-order valence-electron chi connectivity index (χ1n) is 6.32. The summed E-state index contributed by atoms with van der Waals surface area (Å²) >= 11 is 3.02. The average Bonchev–Trinajstić information content (AvgIpc) is 2.43. The minimum absolute atomic E-state index is 0.236. The lowest BCUT2D eigenvalue weighted by molar-refractivity contribution is 0.307. The van der Waals surface area contributed by atoms with Crippen molar-refractivity contribution in [2.45, 2.75) is 13.3 Å². The predicted octanol–water partition coefficient (Wildman–Crippen LogP) is 4.24. The van der Waals surface area contributed by atoms with Gasteiger partial charge in [-0.3, -0.25) is 0 Å². The highest BCUT2D eigenvalue weighted by atomic mass is 79.9. The second kappa shape index (κ2) is 6.71. The number of pyridine rings is 1. The van der Waals surface area contributed by atoms with Crippen molar-refractivity contribution in [2.24, 2.45) is 0 Å². The molecule has 0 saturated carbocycles. The average molecular weight is 358 g/mol. The predicted molar refractivity (Wildman–Crippen MR) is 81.8 cm³/mol. The van der Waals surface area contributed by atoms with Crippen molar-refractivity contribution in [3.63, 3.8) is 0 Å². The number of nitrogen functional groups attached to an aromatic ring is 1. The molecule has 7 heteroatoms. The van der Waals surface area contributed by atoms with E-state index in [1.807, 2.05) is 6.92 Å². The van der Waals surface area contributed by atoms with E-state index in [4.69, 9.17) is 10.5 Å². The number of nitrogens with two attached hydrogens (primary N) is 1. The molecule has 1 aromatic heterocycles. The van der Waals surface area contributed by atoms with Crippen LogP contribution in [0.2, 0.25) is 0 Å². The molecule has 0 aliphatic rings. The van der Waals surface area contributed by atoms with Crippen LogP contribution in [-0.4, -0.2) is 11.6 Å². The van der Waals surface area contributed by atoms with Gasteiger partial charge in [0.2, 0.25) is 5.88 Å². The van der Waals surface area contributed by atoms with Gasteiger partial charge in [0.15, 0.2) is 11.6 Å². The summed E-state index contributed by atoms with van der Waals surface area (Å²) < 4.78 is 33.2. The van der Waals surface area contributed by atoms with Crippen LogP contribution in [0.25, 0.3) is 0 Å². The molecule has 0 atom stereocenters. The van der Waals surface area contributed by atoms with Gasteiger partial charge in [-0.1, -0.05) is 22.9 Å². The Morgan fingerprint density at radius 2 is 1.95 bits per heavy atom. The van der Waals surface area contributed by atoms with Gasteiger partial charge in [-0.2, -0.15) is 4.98 Å². The zero-order valence-corrected chi connectivity index (χ0v) is 12.9. The van der Waals surface area contributed by atoms with Crippen LogP contribution in [0.4, 0.5) is 26.0 Å². The standard InChI is InChI=1S/C14H14BrF2N3O/c1-2-5-21-14-11(18)3-4-12(20-14)19-13-9(16)6-8(15)7-10(13)17/h3-4,6-7H,2,5,18H2,1H3,(H,19,20). The fourth-order valence-electron chi connectivity index (χ4n) is 1.62. The molecule has 0 unspecified atom stereocenters. The molecule has 0 fully saturated rings. The largest absolute Gasteiger partial charge is 0.476 e. The molecule has 0 saturated heterocycles. The van der Waals surface area contributed by atoms with Crippen LogP contribution in [0, 0.1) is 11.6 Å². The van der Waals surface area contributed by atoms with Crippen LogP contribution in [-0.2, 0) is 0 Å². The Morgan fingerprint density at radius 1 is 1.29 bits per heavy atom. The van der Waals surface area contributed by atoms with Crippen LogP contribution in [0.5, 0.6) is 5.88 Å². The van der Waals surface area contributed by atoms with Crippen LogP contribution in [0.15, 0.2) is 28.7 Å². The van der Waals surface area contributed by atoms with Crippen molar-refractivity contribution in [3.05, 3.63) is 40.4 Å². The third-order valence-corrected chi connectivity index (χ3v) is 3.05. The van der Waals surface area contributed by atoms with E-state index < -0.39 is 11.6 Å². The summed E-state index contributed by atoms with van der Waals surface area (Å²) in [5.74, 6) is -0.969. The van der Waals surface area contributed by atoms with Crippen molar-refractivity contribution < 1.29 is 13.5 Å². The Bertz CT molecular complexity index is 629. The number of ether oxygens (including phenoxy) is 1. The molecule has 112 valence electrons. The number of nitrogens with zero attached hydrogens (tertiary/aromatic N) is 1. The zero-order chi connectivity index (χ0) is 15.4. The van der Waals surface area contributed by atoms with Gasteiger partial charge >= 0.3 is 0 Å². The van der Waals surface area contributed by atoms with Crippen LogP contribution in [0.3, 0.4) is 0 Å². The number of aromatic nitrogens is 1. The molecule has 1 heterocycles. The molecule has 3 N–H and O–H groups in total. The second-order valence-electron chi connectivity index (χ2n) is 4.31. The molecule has 2 rings (SSSR count). The third-order valence-electron chi connectivity index (χ3n) is 2.59. The minimum atomic E-state index is -0.725. The van der Waals surface area contributed by atoms with Gasteiger partial charge in [0.1, 0.15) is 11.5 Å². The van der Waals surface area contributed by atoms with E-state index in [1.165, 1.54) is 6.07 Å². The van der Waals surface area contributed by atoms with Crippen molar-refractivity contribution in [1.29, 1.82) is 0 Å². The number of rotatable bonds is 5. The molecule has 0 spiro atoms. The summed E-state index contributed by atoms with van der Waals surface area (Å²) in [5.41, 5.74) is 5.82. The minimum Gasteiger partial charge on any atom is -0.476 e. The van der Waals surface area contributed by atoms with Crippen molar-refractivity contribution in [1.82, 2.24) is 4.98 Å². The fourth-order valence-corrected chi connectivity index (χ4v) is 2.03. The summed E-state index contributed by atoms with van der Waals surface area (Å²) in [6.07, 6.45) is 0.800. The Kier molecular flexibility index (Phi) is 4.95. The summed E-state index contributed by atoms with van der Waals surface area (Å²) in [4.78, 5) is 4.11. The van der Waals surface area contributed by atoms with Crippen molar-refractivity contribution in [2.75, 3.05) is 17.7 Å². The van der Waals surface area contributed by atoms with Gasteiger partial charge in [-0.15, -0.1) is 0 Å². The number of nitrogens with one attached hydrogen (secondary N) is 1. The second-order valence-corrected chi connectivity index (χ2v) is 5.22. The molecule has 0 aliphatic carbocycles. The third kappa shape index (κ3) is 3.81. The normalized spacial score (nSPS) is 10.5. The smallest absolute Gasteiger partial charge is 0.239 e. The molecule has 0 bridgehead atoms. The Labute approximate surface area is 129 Å². The lowest BCUT2D eigenvalue weighted by Crippen LogP contribution is -2.04. The molecule has 0 amide bonds. The summed E-state index contributed by atoms with van der Waals surface area (Å²) in [6.45, 7) is 2.41. The lowest BCUT2D eigenvalue weighted by Gasteiger charge is -2.11. The lowest BCUT2D eigenvalue weighted by atomic mass is 10.3. The van der Waals surface area contributed by atoms with E-state index in [-0.39, 0.29) is 17.4 Å². The highest BCUT2D eigenvalue weighted by molar-refractivity contribution is 9.10. The van der Waals surface area contributed by atoms with Crippen LogP contribution >= 0.6 is 15.9 Å². The van der Waals surface area contributed by atoms with Crippen LogP contribution in [0.1, 0.15) is 13.3 Å². The molecular formula is C14H14BrF2N3O. The fraction of sp³-hybridized carbons (Fsp3) is 0.214. The van der Waals surface area contributed by atoms with E-state index in [2.05, 4.69) is 26.2 Å². The molecule has 4 nitrogen and oxygen atoms in total. The van der Waals surface area contributed by atoms with Gasteiger partial charge < -0.3 is 15.8 Å². The number of hydrogen-bond donors (Lipinski definition) is 2. The summed E-state index contributed by atoms with van der Waals surface area (Å²) in [6, 6.07) is 5.42. The van der Waals surface area contributed by atoms with Crippen LogP contribution < -0.4 is 15.8 Å². The quantitative estimate of drug-likeness (QED) is 0.840. The maximum Gasteiger partial charge on any atom is 0.239 e. The Morgan fingerprint density at radius 3 is 2.57 bits per heavy atom. The molecule has 0 radical (unpaired) electrons. The van der Waals surface area contributed by atoms with E-state index in [0.717, 1.165) is 18.6 Å². The maximum atomic E-state index is 13.8. The summed E-state index contributed by atoms with van der Waals surface area (Å²) in [5, 5.41) is 2.59. The van der Waals surface area contributed by atoms with Gasteiger partial charge in [-0.05, 0) is 30.7 Å². The molecule has 2 aromatic rings. The van der Waals surface area contributed by atoms with Gasteiger partial charge in [0.25, 0.3) is 0 Å². The molecule has 1 aromatic carbocycles. The van der Waals surface area contributed by atoms with Gasteiger partial charge in [0.05, 0.1) is 12.3 Å². The number of halogens is 3. The first kappa shape index (κ1) is 15.5. The number of benzene rings is 1. The maximum absolute atomic E-state index is 13.8. The van der Waals surface area contributed by atoms with Crippen molar-refractivity contribution in [3.8, 4) is 5.88 Å². The van der Waals surface area contributed by atoms with Crippen molar-refractivity contribution >= 4 is 33.1 Å². The Hall–Kier alpha value is -1.89. The molecule has 21 heavy (non-hydrogen) atoms. The SMILES string of the molecule is CCCOc1nc(Nc2c(F)cc(Br)cc2F)ccc1N. The topological polar surface area (TPSA) is 60.2 Å². The molecule has 0 aliphatic heterocycles. The van der Waals surface area contributed by atoms with E-state index in [0.29, 0.717) is 16.8 Å². The summed E-state index contributed by atoms with van der Waals surface area (Å²) in [7, 11) is 0. The first-order valence-corrected chi connectivity index (χ1v) is 7.11. The highest BCUT2D eigenvalue weighted by Gasteiger charge is 2.12. The number of hydrogen-bond acceptors (Lipinski definition) is 4. The van der Waals surface area contributed by atoms with Gasteiger partial charge in [0, 0.05) is 4.47 Å².